The van der Waals surface area contributed by atoms with Crippen LogP contribution < -0.4 is 5.32 Å². The summed E-state index contributed by atoms with van der Waals surface area (Å²) >= 11 is 0. The molecule has 1 heterocycles. The highest BCUT2D eigenvalue weighted by Gasteiger charge is 2.33. The number of nitrogens with one attached hydrogen (secondary N) is 1. The lowest BCUT2D eigenvalue weighted by atomic mass is 9.88. The quantitative estimate of drug-likeness (QED) is 0.812. The summed E-state index contributed by atoms with van der Waals surface area (Å²) in [5, 5.41) is 12.3. The molecule has 1 aliphatic rings. The van der Waals surface area contributed by atoms with Crippen molar-refractivity contribution < 1.29 is 9.90 Å². The van der Waals surface area contributed by atoms with Gasteiger partial charge in [0.05, 0.1) is 5.92 Å². The number of carboxylic acid groups (broad SMARTS) is 1. The van der Waals surface area contributed by atoms with Crippen LogP contribution in [-0.2, 0) is 11.2 Å². The summed E-state index contributed by atoms with van der Waals surface area (Å²) in [6, 6.07) is 8.30. The Hall–Kier alpha value is -1.35. The molecule has 2 atom stereocenters. The maximum absolute atomic E-state index is 11.1. The van der Waals surface area contributed by atoms with Gasteiger partial charge in [-0.3, -0.25) is 4.79 Å². The average molecular weight is 219 g/mol. The molecule has 3 heteroatoms. The SMILES string of the molecule is CCc1ccc([C@H]2CNC[C@H]2C(=O)O)cc1. The van der Waals surface area contributed by atoms with Crippen LogP contribution in [0.2, 0.25) is 0 Å². The van der Waals surface area contributed by atoms with Crippen molar-refractivity contribution in [3.8, 4) is 0 Å². The molecule has 0 saturated carbocycles. The summed E-state index contributed by atoms with van der Waals surface area (Å²) in [7, 11) is 0. The summed E-state index contributed by atoms with van der Waals surface area (Å²) in [6.45, 7) is 3.46. The van der Waals surface area contributed by atoms with Crippen LogP contribution in [-0.4, -0.2) is 24.2 Å². The third-order valence-electron chi connectivity index (χ3n) is 3.35. The van der Waals surface area contributed by atoms with Gasteiger partial charge in [0, 0.05) is 19.0 Å². The minimum Gasteiger partial charge on any atom is -0.481 e. The van der Waals surface area contributed by atoms with E-state index in [2.05, 4.69) is 36.5 Å². The molecule has 0 radical (unpaired) electrons. The molecular formula is C13H17NO2. The molecule has 16 heavy (non-hydrogen) atoms. The molecule has 86 valence electrons. The molecular weight excluding hydrogens is 202 g/mol. The van der Waals surface area contributed by atoms with Crippen LogP contribution in [0.3, 0.4) is 0 Å². The summed E-state index contributed by atoms with van der Waals surface area (Å²) in [6.07, 6.45) is 1.02. The standard InChI is InChI=1S/C13H17NO2/c1-2-9-3-5-10(6-4-9)11-7-14-8-12(11)13(15)16/h3-6,11-12,14H,2,7-8H2,1H3,(H,15,16)/t11-,12-/m1/s1. The van der Waals surface area contributed by atoms with E-state index in [1.165, 1.54) is 5.56 Å². The fourth-order valence-electron chi connectivity index (χ4n) is 2.29. The lowest BCUT2D eigenvalue weighted by Gasteiger charge is -2.15. The van der Waals surface area contributed by atoms with Gasteiger partial charge in [0.25, 0.3) is 0 Å². The minimum absolute atomic E-state index is 0.114. The molecule has 1 aliphatic heterocycles. The fraction of sp³-hybridized carbons (Fsp3) is 0.462. The van der Waals surface area contributed by atoms with E-state index in [9.17, 15) is 4.79 Å². The maximum Gasteiger partial charge on any atom is 0.308 e. The van der Waals surface area contributed by atoms with Crippen LogP contribution in [0.1, 0.15) is 24.0 Å². The van der Waals surface area contributed by atoms with Gasteiger partial charge < -0.3 is 10.4 Å². The molecule has 1 aromatic carbocycles. The van der Waals surface area contributed by atoms with E-state index in [4.69, 9.17) is 5.11 Å². The van der Waals surface area contributed by atoms with Crippen molar-refractivity contribution in [1.29, 1.82) is 0 Å². The van der Waals surface area contributed by atoms with Gasteiger partial charge >= 0.3 is 5.97 Å². The maximum atomic E-state index is 11.1. The molecule has 0 spiro atoms. The second-order valence-electron chi connectivity index (χ2n) is 4.30. The molecule has 1 fully saturated rings. The number of hydrogen-bond donors (Lipinski definition) is 2. The van der Waals surface area contributed by atoms with Crippen molar-refractivity contribution in [2.45, 2.75) is 19.3 Å². The van der Waals surface area contributed by atoms with Crippen LogP contribution >= 0.6 is 0 Å². The molecule has 0 aliphatic carbocycles. The van der Waals surface area contributed by atoms with Gasteiger partial charge in [0.2, 0.25) is 0 Å². The van der Waals surface area contributed by atoms with Crippen LogP contribution in [0.15, 0.2) is 24.3 Å². The zero-order valence-corrected chi connectivity index (χ0v) is 9.44. The molecule has 2 rings (SSSR count). The summed E-state index contributed by atoms with van der Waals surface area (Å²) < 4.78 is 0. The Kier molecular flexibility index (Phi) is 3.25. The van der Waals surface area contributed by atoms with Gasteiger partial charge in [-0.05, 0) is 17.5 Å². The highest BCUT2D eigenvalue weighted by molar-refractivity contribution is 5.72. The predicted octanol–water partition coefficient (Wildman–Crippen LogP) is 1.64. The largest absolute Gasteiger partial charge is 0.481 e. The van der Waals surface area contributed by atoms with E-state index in [1.807, 2.05) is 0 Å². The lowest BCUT2D eigenvalue weighted by Crippen LogP contribution is -2.20. The normalized spacial score (nSPS) is 24.6. The molecule has 3 nitrogen and oxygen atoms in total. The topological polar surface area (TPSA) is 49.3 Å². The molecule has 1 aromatic rings. The van der Waals surface area contributed by atoms with E-state index in [0.717, 1.165) is 18.5 Å². The number of benzene rings is 1. The van der Waals surface area contributed by atoms with Crippen LogP contribution in [0, 0.1) is 5.92 Å². The van der Waals surface area contributed by atoms with E-state index in [1.54, 1.807) is 0 Å². The van der Waals surface area contributed by atoms with Crippen molar-refractivity contribution >= 4 is 5.97 Å². The van der Waals surface area contributed by atoms with E-state index < -0.39 is 5.97 Å². The molecule has 2 N–H and O–H groups in total. The van der Waals surface area contributed by atoms with Crippen molar-refractivity contribution in [3.63, 3.8) is 0 Å². The molecule has 0 bridgehead atoms. The minimum atomic E-state index is -0.699. The number of aryl methyl sites for hydroxylation is 1. The van der Waals surface area contributed by atoms with Crippen LogP contribution in [0.4, 0.5) is 0 Å². The van der Waals surface area contributed by atoms with Crippen LogP contribution in [0.25, 0.3) is 0 Å². The first kappa shape index (κ1) is 11.1. The highest BCUT2D eigenvalue weighted by atomic mass is 16.4. The fourth-order valence-corrected chi connectivity index (χ4v) is 2.29. The number of hydrogen-bond acceptors (Lipinski definition) is 2. The van der Waals surface area contributed by atoms with E-state index >= 15 is 0 Å². The van der Waals surface area contributed by atoms with Crippen molar-refractivity contribution in [3.05, 3.63) is 35.4 Å². The van der Waals surface area contributed by atoms with E-state index in [0.29, 0.717) is 6.54 Å². The zero-order chi connectivity index (χ0) is 11.5. The number of carboxylic acids is 1. The molecule has 1 saturated heterocycles. The molecule has 0 amide bonds. The Labute approximate surface area is 95.5 Å². The van der Waals surface area contributed by atoms with Crippen molar-refractivity contribution in [1.82, 2.24) is 5.32 Å². The second kappa shape index (κ2) is 4.66. The summed E-state index contributed by atoms with van der Waals surface area (Å²) in [5.74, 6) is -0.870. The third-order valence-corrected chi connectivity index (χ3v) is 3.35. The van der Waals surface area contributed by atoms with E-state index in [-0.39, 0.29) is 11.8 Å². The Morgan fingerprint density at radius 3 is 2.62 bits per heavy atom. The Morgan fingerprint density at radius 2 is 2.06 bits per heavy atom. The lowest BCUT2D eigenvalue weighted by molar-refractivity contribution is -0.141. The average Bonchev–Trinajstić information content (AvgIpc) is 2.78. The third kappa shape index (κ3) is 2.09. The van der Waals surface area contributed by atoms with Gasteiger partial charge in [-0.25, -0.2) is 0 Å². The first-order chi connectivity index (χ1) is 7.72. The predicted molar refractivity (Wildman–Crippen MR) is 62.6 cm³/mol. The monoisotopic (exact) mass is 219 g/mol. The Balaban J connectivity index is 2.19. The first-order valence-corrected chi connectivity index (χ1v) is 5.74. The highest BCUT2D eigenvalue weighted by Crippen LogP contribution is 2.28. The van der Waals surface area contributed by atoms with Gasteiger partial charge in [0.1, 0.15) is 0 Å². The molecule has 0 aromatic heterocycles. The van der Waals surface area contributed by atoms with Crippen LogP contribution in [0.5, 0.6) is 0 Å². The zero-order valence-electron chi connectivity index (χ0n) is 9.44. The first-order valence-electron chi connectivity index (χ1n) is 5.74. The number of carbonyl (C=O) groups is 1. The van der Waals surface area contributed by atoms with Crippen molar-refractivity contribution in [2.75, 3.05) is 13.1 Å². The van der Waals surface area contributed by atoms with Gasteiger partial charge in [-0.2, -0.15) is 0 Å². The number of rotatable bonds is 3. The second-order valence-corrected chi connectivity index (χ2v) is 4.30. The smallest absolute Gasteiger partial charge is 0.308 e. The van der Waals surface area contributed by atoms with Gasteiger partial charge in [-0.1, -0.05) is 31.2 Å². The number of aliphatic carboxylic acids is 1. The molecule has 0 unspecified atom stereocenters. The Bertz CT molecular complexity index is 372. The van der Waals surface area contributed by atoms with Crippen molar-refractivity contribution in [2.24, 2.45) is 5.92 Å². The van der Waals surface area contributed by atoms with Gasteiger partial charge in [0.15, 0.2) is 0 Å². The van der Waals surface area contributed by atoms with Gasteiger partial charge in [-0.15, -0.1) is 0 Å². The Morgan fingerprint density at radius 1 is 1.38 bits per heavy atom. The summed E-state index contributed by atoms with van der Waals surface area (Å²) in [5.41, 5.74) is 2.43. The summed E-state index contributed by atoms with van der Waals surface area (Å²) in [4.78, 5) is 11.1.